The Kier molecular flexibility index (Phi) is 1.78. The molecule has 0 aromatic carbocycles. The monoisotopic (exact) mass is 130 g/mol. The average Bonchev–Trinajstić information content (AvgIpc) is 2.10. The summed E-state index contributed by atoms with van der Waals surface area (Å²) in [6.45, 7) is 6.88. The maximum atomic E-state index is 5.48. The van der Waals surface area contributed by atoms with Crippen LogP contribution in [0.5, 0.6) is 0 Å². The highest BCUT2D eigenvalue weighted by atomic mass is 16.7. The second-order valence-corrected chi connectivity index (χ2v) is 3.03. The zero-order valence-corrected chi connectivity index (χ0v) is 6.31. The van der Waals surface area contributed by atoms with E-state index >= 15 is 0 Å². The van der Waals surface area contributed by atoms with E-state index in [2.05, 4.69) is 6.92 Å². The predicted octanol–water partition coefficient (Wildman–Crippen LogP) is 1.55. The van der Waals surface area contributed by atoms with Gasteiger partial charge in [0.25, 0.3) is 0 Å². The van der Waals surface area contributed by atoms with E-state index in [1.807, 2.05) is 13.8 Å². The quantitative estimate of drug-likeness (QED) is 0.536. The molecule has 1 saturated heterocycles. The number of hydrogen-bond acceptors (Lipinski definition) is 2. The van der Waals surface area contributed by atoms with Crippen LogP contribution < -0.4 is 0 Å². The van der Waals surface area contributed by atoms with E-state index < -0.39 is 0 Å². The molecule has 1 fully saturated rings. The topological polar surface area (TPSA) is 18.5 Å². The summed E-state index contributed by atoms with van der Waals surface area (Å²) in [4.78, 5) is 0. The first-order valence-electron chi connectivity index (χ1n) is 3.43. The third-order valence-corrected chi connectivity index (χ3v) is 1.40. The van der Waals surface area contributed by atoms with E-state index in [0.29, 0.717) is 0 Å². The summed E-state index contributed by atoms with van der Waals surface area (Å²) in [5.74, 6) is 0. The number of ether oxygens (including phenoxy) is 2. The van der Waals surface area contributed by atoms with Crippen molar-refractivity contribution in [2.75, 3.05) is 6.61 Å². The van der Waals surface area contributed by atoms with Gasteiger partial charge in [0.1, 0.15) is 0 Å². The van der Waals surface area contributed by atoms with Gasteiger partial charge in [0.15, 0.2) is 6.29 Å². The maximum Gasteiger partial charge on any atom is 0.158 e. The van der Waals surface area contributed by atoms with Crippen molar-refractivity contribution >= 4 is 0 Å². The molecular formula is C7H14O2. The highest BCUT2D eigenvalue weighted by molar-refractivity contribution is 4.73. The van der Waals surface area contributed by atoms with Crippen molar-refractivity contribution in [1.82, 2.24) is 0 Å². The van der Waals surface area contributed by atoms with Crippen LogP contribution >= 0.6 is 0 Å². The fraction of sp³-hybridized carbons (Fsp3) is 1.00. The number of rotatable bonds is 1. The lowest BCUT2D eigenvalue weighted by molar-refractivity contribution is -0.0791. The molecule has 0 N–H and O–H groups in total. The number of hydrogen-bond donors (Lipinski definition) is 0. The van der Waals surface area contributed by atoms with Crippen LogP contribution in [0.15, 0.2) is 0 Å². The Bertz CT molecular complexity index is 99.1. The van der Waals surface area contributed by atoms with Crippen molar-refractivity contribution in [2.45, 2.75) is 39.1 Å². The predicted molar refractivity (Wildman–Crippen MR) is 35.2 cm³/mol. The second kappa shape index (κ2) is 2.27. The first-order chi connectivity index (χ1) is 4.14. The van der Waals surface area contributed by atoms with Gasteiger partial charge in [-0.05, 0) is 20.3 Å². The first kappa shape index (κ1) is 7.03. The van der Waals surface area contributed by atoms with Crippen molar-refractivity contribution < 1.29 is 9.47 Å². The van der Waals surface area contributed by atoms with E-state index in [4.69, 9.17) is 9.47 Å². The van der Waals surface area contributed by atoms with Crippen LogP contribution in [0.2, 0.25) is 0 Å². The van der Waals surface area contributed by atoms with Crippen LogP contribution in [-0.2, 0) is 9.47 Å². The van der Waals surface area contributed by atoms with Gasteiger partial charge in [0, 0.05) is 0 Å². The molecule has 1 atom stereocenters. The summed E-state index contributed by atoms with van der Waals surface area (Å²) >= 11 is 0. The smallest absolute Gasteiger partial charge is 0.158 e. The highest BCUT2D eigenvalue weighted by Crippen LogP contribution is 2.22. The first-order valence-corrected chi connectivity index (χ1v) is 3.43. The van der Waals surface area contributed by atoms with E-state index in [1.54, 1.807) is 0 Å². The average molecular weight is 130 g/mol. The highest BCUT2D eigenvalue weighted by Gasteiger charge is 2.31. The molecule has 1 unspecified atom stereocenters. The second-order valence-electron chi connectivity index (χ2n) is 3.03. The molecule has 0 amide bonds. The molecule has 1 heterocycles. The minimum atomic E-state index is -0.0549. The van der Waals surface area contributed by atoms with Crippen LogP contribution in [-0.4, -0.2) is 18.5 Å². The molecule has 0 aromatic heterocycles. The molecule has 9 heavy (non-hydrogen) atoms. The molecule has 1 aliphatic heterocycles. The Labute approximate surface area is 56.2 Å². The van der Waals surface area contributed by atoms with E-state index in [0.717, 1.165) is 13.0 Å². The fourth-order valence-corrected chi connectivity index (χ4v) is 0.919. The van der Waals surface area contributed by atoms with Crippen LogP contribution in [0.3, 0.4) is 0 Å². The zero-order chi connectivity index (χ0) is 6.91. The molecule has 0 saturated carbocycles. The standard InChI is InChI=1S/C7H14O2/c1-4-6-8-5-7(2,3)9-6/h6H,4-5H2,1-3H3. The Hall–Kier alpha value is -0.0800. The van der Waals surface area contributed by atoms with E-state index in [1.165, 1.54) is 0 Å². The van der Waals surface area contributed by atoms with Gasteiger partial charge in [-0.25, -0.2) is 0 Å². The third-order valence-electron chi connectivity index (χ3n) is 1.40. The van der Waals surface area contributed by atoms with Crippen molar-refractivity contribution in [3.63, 3.8) is 0 Å². The summed E-state index contributed by atoms with van der Waals surface area (Å²) in [5, 5.41) is 0. The lowest BCUT2D eigenvalue weighted by Gasteiger charge is -2.14. The van der Waals surface area contributed by atoms with Crippen LogP contribution in [0, 0.1) is 0 Å². The van der Waals surface area contributed by atoms with Gasteiger partial charge in [-0.2, -0.15) is 0 Å². The van der Waals surface area contributed by atoms with E-state index in [-0.39, 0.29) is 11.9 Å². The SMILES string of the molecule is CCC1OCC(C)(C)O1. The van der Waals surface area contributed by atoms with Gasteiger partial charge in [-0.3, -0.25) is 0 Å². The minimum Gasteiger partial charge on any atom is -0.350 e. The van der Waals surface area contributed by atoms with Crippen LogP contribution in [0.1, 0.15) is 27.2 Å². The summed E-state index contributed by atoms with van der Waals surface area (Å²) < 4.78 is 10.8. The van der Waals surface area contributed by atoms with Gasteiger partial charge < -0.3 is 9.47 Å². The Morgan fingerprint density at radius 2 is 2.22 bits per heavy atom. The van der Waals surface area contributed by atoms with Gasteiger partial charge in [0.2, 0.25) is 0 Å². The van der Waals surface area contributed by atoms with Crippen LogP contribution in [0.4, 0.5) is 0 Å². The molecule has 0 aliphatic carbocycles. The van der Waals surface area contributed by atoms with Gasteiger partial charge in [0.05, 0.1) is 12.2 Å². The van der Waals surface area contributed by atoms with Gasteiger partial charge in [-0.15, -0.1) is 0 Å². The lowest BCUT2D eigenvalue weighted by atomic mass is 10.2. The molecule has 2 heteroatoms. The third kappa shape index (κ3) is 1.66. The molecule has 1 aliphatic rings. The summed E-state index contributed by atoms with van der Waals surface area (Å²) in [6.07, 6.45) is 0.990. The molecule has 0 aromatic rings. The zero-order valence-electron chi connectivity index (χ0n) is 6.31. The van der Waals surface area contributed by atoms with Crippen molar-refractivity contribution in [3.8, 4) is 0 Å². The molecule has 1 rings (SSSR count). The molecule has 0 radical (unpaired) electrons. The largest absolute Gasteiger partial charge is 0.350 e. The van der Waals surface area contributed by atoms with Crippen molar-refractivity contribution in [2.24, 2.45) is 0 Å². The van der Waals surface area contributed by atoms with Crippen molar-refractivity contribution in [1.29, 1.82) is 0 Å². The van der Waals surface area contributed by atoms with Crippen molar-refractivity contribution in [3.05, 3.63) is 0 Å². The molecule has 54 valence electrons. The normalized spacial score (nSPS) is 33.0. The van der Waals surface area contributed by atoms with Gasteiger partial charge in [-0.1, -0.05) is 6.92 Å². The van der Waals surface area contributed by atoms with Crippen LogP contribution in [0.25, 0.3) is 0 Å². The molecular weight excluding hydrogens is 116 g/mol. The fourth-order valence-electron chi connectivity index (χ4n) is 0.919. The lowest BCUT2D eigenvalue weighted by Crippen LogP contribution is -2.22. The van der Waals surface area contributed by atoms with E-state index in [9.17, 15) is 0 Å². The summed E-state index contributed by atoms with van der Waals surface area (Å²) in [6, 6.07) is 0. The summed E-state index contributed by atoms with van der Waals surface area (Å²) in [5.41, 5.74) is -0.0549. The molecule has 0 spiro atoms. The van der Waals surface area contributed by atoms with Gasteiger partial charge >= 0.3 is 0 Å². The maximum absolute atomic E-state index is 5.48. The Morgan fingerprint density at radius 1 is 1.56 bits per heavy atom. The molecule has 0 bridgehead atoms. The Morgan fingerprint density at radius 3 is 2.44 bits per heavy atom. The molecule has 2 nitrogen and oxygen atoms in total. The minimum absolute atomic E-state index is 0.0417. The Balaban J connectivity index is 2.38. The summed E-state index contributed by atoms with van der Waals surface area (Å²) in [7, 11) is 0.